The normalized spacial score (nSPS) is 15.1. The average molecular weight is 572 g/mol. The number of morpholine rings is 1. The predicted octanol–water partition coefficient (Wildman–Crippen LogP) is 5.64. The summed E-state index contributed by atoms with van der Waals surface area (Å²) in [7, 11) is -3.64. The molecule has 0 saturated carbocycles. The third kappa shape index (κ3) is 6.05. The van der Waals surface area contributed by atoms with Crippen LogP contribution in [0.3, 0.4) is 0 Å². The van der Waals surface area contributed by atoms with Crippen LogP contribution in [0.1, 0.15) is 64.5 Å². The summed E-state index contributed by atoms with van der Waals surface area (Å²) >= 11 is 6.12. The molecule has 0 atom stereocenters. The van der Waals surface area contributed by atoms with Gasteiger partial charge < -0.3 is 4.74 Å². The van der Waals surface area contributed by atoms with Crippen LogP contribution in [0, 0.1) is 4.77 Å². The molecule has 2 heterocycles. The van der Waals surface area contributed by atoms with Crippen molar-refractivity contribution in [3.8, 4) is 17.1 Å². The van der Waals surface area contributed by atoms with E-state index in [9.17, 15) is 8.42 Å². The summed E-state index contributed by atoms with van der Waals surface area (Å²) in [6, 6.07) is 13.5. The molecule has 2 aromatic carbocycles. The maximum absolute atomic E-state index is 13.4. The highest BCUT2D eigenvalue weighted by molar-refractivity contribution is 7.89. The van der Waals surface area contributed by atoms with Crippen molar-refractivity contribution in [2.75, 3.05) is 39.4 Å². The van der Waals surface area contributed by atoms with Crippen molar-refractivity contribution in [3.63, 3.8) is 0 Å². The summed E-state index contributed by atoms with van der Waals surface area (Å²) in [5, 5.41) is 5.04. The molecule has 8 nitrogen and oxygen atoms in total. The number of para-hydroxylation sites is 1. The minimum atomic E-state index is -3.64. The van der Waals surface area contributed by atoms with Gasteiger partial charge in [-0.2, -0.15) is 4.31 Å². The van der Waals surface area contributed by atoms with E-state index in [-0.39, 0.29) is 16.7 Å². The fourth-order valence-electron chi connectivity index (χ4n) is 5.10. The Labute approximate surface area is 238 Å². The molecule has 0 unspecified atom stereocenters. The first-order chi connectivity index (χ1) is 18.6. The minimum Gasteiger partial charge on any atom is -0.379 e. The second kappa shape index (κ2) is 12.4. The number of hydrogen-bond donors (Lipinski definition) is 0. The van der Waals surface area contributed by atoms with Gasteiger partial charge in [-0.3, -0.25) is 9.47 Å². The highest BCUT2D eigenvalue weighted by Gasteiger charge is 2.26. The summed E-state index contributed by atoms with van der Waals surface area (Å²) in [5.41, 5.74) is 4.10. The second-order valence-electron chi connectivity index (χ2n) is 10.5. The predicted molar refractivity (Wildman–Crippen MR) is 159 cm³/mol. The van der Waals surface area contributed by atoms with E-state index < -0.39 is 10.0 Å². The maximum Gasteiger partial charge on any atom is 0.243 e. The molecule has 1 aliphatic rings. The zero-order valence-electron chi connectivity index (χ0n) is 23.9. The Morgan fingerprint density at radius 2 is 1.56 bits per heavy atom. The van der Waals surface area contributed by atoms with Crippen LogP contribution in [-0.4, -0.2) is 71.4 Å². The quantitative estimate of drug-likeness (QED) is 0.294. The Bertz CT molecular complexity index is 1420. The lowest BCUT2D eigenvalue weighted by atomic mass is 9.92. The van der Waals surface area contributed by atoms with Crippen LogP contribution in [-0.2, 0) is 21.4 Å². The summed E-state index contributed by atoms with van der Waals surface area (Å²) in [6.45, 7) is 16.8. The zero-order chi connectivity index (χ0) is 28.3. The summed E-state index contributed by atoms with van der Waals surface area (Å²) in [4.78, 5) is 2.53. The molecule has 212 valence electrons. The second-order valence-corrected chi connectivity index (χ2v) is 12.8. The van der Waals surface area contributed by atoms with Gasteiger partial charge in [-0.15, -0.1) is 5.10 Å². The van der Waals surface area contributed by atoms with Crippen molar-refractivity contribution in [2.24, 2.45) is 0 Å². The fourth-order valence-corrected chi connectivity index (χ4v) is 6.88. The van der Waals surface area contributed by atoms with Gasteiger partial charge in [-0.1, -0.05) is 71.9 Å². The van der Waals surface area contributed by atoms with Crippen molar-refractivity contribution in [1.82, 2.24) is 23.6 Å². The SMILES string of the molecule is CCN(CC)S(=O)(=O)c1cccc(-c2nn(CN3CCOCC3)c(=S)n2-c2c(C(C)C)cccc2C(C)C)c1. The number of benzene rings is 2. The minimum absolute atomic E-state index is 0.255. The lowest BCUT2D eigenvalue weighted by molar-refractivity contribution is 0.0210. The van der Waals surface area contributed by atoms with E-state index in [0.717, 1.165) is 18.8 Å². The Hall–Kier alpha value is -2.37. The van der Waals surface area contributed by atoms with E-state index in [1.807, 2.05) is 24.6 Å². The summed E-state index contributed by atoms with van der Waals surface area (Å²) in [6.07, 6.45) is 0. The first-order valence-electron chi connectivity index (χ1n) is 13.8. The number of rotatable bonds is 10. The molecule has 0 spiro atoms. The van der Waals surface area contributed by atoms with Crippen LogP contribution in [0.5, 0.6) is 0 Å². The van der Waals surface area contributed by atoms with E-state index in [4.69, 9.17) is 22.1 Å². The molecule has 3 aromatic rings. The number of sulfonamides is 1. The maximum atomic E-state index is 13.4. The van der Waals surface area contributed by atoms with E-state index in [0.29, 0.717) is 49.1 Å². The number of hydrogen-bond acceptors (Lipinski definition) is 6. The van der Waals surface area contributed by atoms with Gasteiger partial charge in [0.1, 0.15) is 0 Å². The molecule has 1 saturated heterocycles. The van der Waals surface area contributed by atoms with Gasteiger partial charge in [-0.25, -0.2) is 13.1 Å². The fraction of sp³-hybridized carbons (Fsp3) is 0.517. The van der Waals surface area contributed by atoms with Crippen LogP contribution in [0.4, 0.5) is 0 Å². The van der Waals surface area contributed by atoms with Gasteiger partial charge in [0.15, 0.2) is 5.82 Å². The summed E-state index contributed by atoms with van der Waals surface area (Å²) in [5.74, 6) is 1.15. The molecular weight excluding hydrogens is 530 g/mol. The molecular formula is C29H41N5O3S2. The lowest BCUT2D eigenvalue weighted by Gasteiger charge is -2.26. The topological polar surface area (TPSA) is 72.6 Å². The number of nitrogens with zero attached hydrogens (tertiary/aromatic N) is 5. The van der Waals surface area contributed by atoms with Gasteiger partial charge in [0.2, 0.25) is 14.8 Å². The standard InChI is InChI=1S/C29H41N5O3S2/c1-7-32(8-2)39(35,36)24-12-9-11-23(19-24)28-30-33(20-31-15-17-37-18-16-31)29(38)34(28)27-25(21(3)4)13-10-14-26(27)22(5)6/h9-14,19,21-22H,7-8,15-18,20H2,1-6H3. The van der Waals surface area contributed by atoms with E-state index >= 15 is 0 Å². The molecule has 0 radical (unpaired) electrons. The molecule has 1 aliphatic heterocycles. The van der Waals surface area contributed by atoms with Gasteiger partial charge in [-0.05, 0) is 47.3 Å². The molecule has 39 heavy (non-hydrogen) atoms. The first kappa shape index (κ1) is 29.6. The Morgan fingerprint density at radius 1 is 0.974 bits per heavy atom. The van der Waals surface area contributed by atoms with Crippen LogP contribution in [0.15, 0.2) is 47.4 Å². The highest BCUT2D eigenvalue weighted by Crippen LogP contribution is 2.35. The van der Waals surface area contributed by atoms with Crippen LogP contribution in [0.25, 0.3) is 17.1 Å². The molecule has 0 amide bonds. The average Bonchev–Trinajstić information content (AvgIpc) is 3.24. The number of ether oxygens (including phenoxy) is 1. The van der Waals surface area contributed by atoms with E-state index in [2.05, 4.69) is 55.4 Å². The Morgan fingerprint density at radius 3 is 2.13 bits per heavy atom. The van der Waals surface area contributed by atoms with Crippen LogP contribution >= 0.6 is 12.2 Å². The van der Waals surface area contributed by atoms with Crippen LogP contribution < -0.4 is 0 Å². The van der Waals surface area contributed by atoms with Gasteiger partial charge in [0, 0.05) is 31.7 Å². The lowest BCUT2D eigenvalue weighted by Crippen LogP contribution is -2.37. The van der Waals surface area contributed by atoms with Crippen molar-refractivity contribution >= 4 is 22.2 Å². The third-order valence-electron chi connectivity index (χ3n) is 7.28. The van der Waals surface area contributed by atoms with Crippen molar-refractivity contribution in [1.29, 1.82) is 0 Å². The Balaban J connectivity index is 1.97. The van der Waals surface area contributed by atoms with Crippen molar-refractivity contribution in [2.45, 2.75) is 64.9 Å². The monoisotopic (exact) mass is 571 g/mol. The zero-order valence-corrected chi connectivity index (χ0v) is 25.6. The smallest absolute Gasteiger partial charge is 0.243 e. The largest absolute Gasteiger partial charge is 0.379 e. The Kier molecular flexibility index (Phi) is 9.44. The number of aromatic nitrogens is 3. The molecule has 4 rings (SSSR count). The molecule has 1 fully saturated rings. The van der Waals surface area contributed by atoms with Crippen molar-refractivity contribution < 1.29 is 13.2 Å². The molecule has 10 heteroatoms. The van der Waals surface area contributed by atoms with Gasteiger partial charge >= 0.3 is 0 Å². The molecule has 0 N–H and O–H groups in total. The first-order valence-corrected chi connectivity index (χ1v) is 15.7. The van der Waals surface area contributed by atoms with Gasteiger partial charge in [0.25, 0.3) is 0 Å². The molecule has 1 aromatic heterocycles. The van der Waals surface area contributed by atoms with Gasteiger partial charge in [0.05, 0.1) is 30.5 Å². The molecule has 0 aliphatic carbocycles. The summed E-state index contributed by atoms with van der Waals surface area (Å²) < 4.78 is 38.3. The van der Waals surface area contributed by atoms with Crippen LogP contribution in [0.2, 0.25) is 0 Å². The molecule has 0 bridgehead atoms. The third-order valence-corrected chi connectivity index (χ3v) is 9.72. The van der Waals surface area contributed by atoms with E-state index in [1.54, 1.807) is 18.2 Å². The van der Waals surface area contributed by atoms with E-state index in [1.165, 1.54) is 15.4 Å². The van der Waals surface area contributed by atoms with Crippen molar-refractivity contribution in [3.05, 3.63) is 58.4 Å². The highest BCUT2D eigenvalue weighted by atomic mass is 32.2.